The first-order valence-corrected chi connectivity index (χ1v) is 10.2. The Bertz CT molecular complexity index is 733. The molecule has 1 N–H and O–H groups in total. The summed E-state index contributed by atoms with van der Waals surface area (Å²) in [5, 5.41) is 3.52. The Morgan fingerprint density at radius 1 is 1.07 bits per heavy atom. The molecule has 1 aromatic carbocycles. The van der Waals surface area contributed by atoms with Crippen molar-refractivity contribution in [1.29, 1.82) is 0 Å². The number of piperazine rings is 1. The summed E-state index contributed by atoms with van der Waals surface area (Å²) in [7, 11) is 1.86. The second kappa shape index (κ2) is 10.1. The average Bonchev–Trinajstić information content (AvgIpc) is 2.75. The minimum Gasteiger partial charge on any atom is -0.356 e. The van der Waals surface area contributed by atoms with Gasteiger partial charge < -0.3 is 15.1 Å². The van der Waals surface area contributed by atoms with Gasteiger partial charge in [0.2, 0.25) is 5.95 Å². The summed E-state index contributed by atoms with van der Waals surface area (Å²) < 4.78 is 0. The van der Waals surface area contributed by atoms with E-state index >= 15 is 0 Å². The number of guanidine groups is 1. The fourth-order valence-corrected chi connectivity index (χ4v) is 3.47. The third kappa shape index (κ3) is 5.44. The molecule has 0 saturated carbocycles. The number of nitrogens with zero attached hydrogens (tertiary/aromatic N) is 5. The lowest BCUT2D eigenvalue weighted by atomic mass is 10.0. The fourth-order valence-electron chi connectivity index (χ4n) is 3.47. The van der Waals surface area contributed by atoms with Crippen molar-refractivity contribution in [2.75, 3.05) is 44.7 Å². The van der Waals surface area contributed by atoms with E-state index < -0.39 is 0 Å². The summed E-state index contributed by atoms with van der Waals surface area (Å²) in [6, 6.07) is 10.9. The molecule has 0 unspecified atom stereocenters. The summed E-state index contributed by atoms with van der Waals surface area (Å²) in [5.74, 6) is 2.39. The van der Waals surface area contributed by atoms with Crippen molar-refractivity contribution in [2.24, 2.45) is 4.99 Å². The van der Waals surface area contributed by atoms with Crippen LogP contribution in [0.4, 0.5) is 5.95 Å². The molecule has 1 saturated heterocycles. The normalized spacial score (nSPS) is 15.2. The van der Waals surface area contributed by atoms with Crippen molar-refractivity contribution in [1.82, 2.24) is 20.2 Å². The summed E-state index contributed by atoms with van der Waals surface area (Å²) in [5.41, 5.74) is 2.81. The topological polar surface area (TPSA) is 56.7 Å². The number of hydrogen-bond acceptors (Lipinski definition) is 4. The minimum absolute atomic E-state index is 0.591. The van der Waals surface area contributed by atoms with Crippen LogP contribution >= 0.6 is 0 Å². The lowest BCUT2D eigenvalue weighted by molar-refractivity contribution is 0.370. The smallest absolute Gasteiger partial charge is 0.225 e. The summed E-state index contributed by atoms with van der Waals surface area (Å²) >= 11 is 0. The van der Waals surface area contributed by atoms with Crippen LogP contribution < -0.4 is 10.2 Å². The first-order valence-electron chi connectivity index (χ1n) is 10.2. The molecular weight excluding hydrogens is 348 g/mol. The highest BCUT2D eigenvalue weighted by Crippen LogP contribution is 2.15. The van der Waals surface area contributed by atoms with Crippen LogP contribution in [0.25, 0.3) is 0 Å². The zero-order chi connectivity index (χ0) is 19.8. The van der Waals surface area contributed by atoms with Crippen LogP contribution in [0.2, 0.25) is 0 Å². The number of nitrogens with one attached hydrogen (secondary N) is 1. The Morgan fingerprint density at radius 2 is 1.75 bits per heavy atom. The van der Waals surface area contributed by atoms with Gasteiger partial charge in [0.15, 0.2) is 5.96 Å². The van der Waals surface area contributed by atoms with Crippen molar-refractivity contribution in [3.05, 3.63) is 53.9 Å². The largest absolute Gasteiger partial charge is 0.356 e. The maximum atomic E-state index is 4.47. The first-order chi connectivity index (χ1) is 13.7. The molecule has 150 valence electrons. The molecule has 3 rings (SSSR count). The predicted molar refractivity (Wildman–Crippen MR) is 116 cm³/mol. The molecule has 1 fully saturated rings. The number of aliphatic imine (C=N–C) groups is 1. The van der Waals surface area contributed by atoms with E-state index in [2.05, 4.69) is 68.2 Å². The zero-order valence-corrected chi connectivity index (χ0v) is 17.3. The molecule has 0 spiro atoms. The minimum atomic E-state index is 0.591. The van der Waals surface area contributed by atoms with Gasteiger partial charge in [-0.2, -0.15) is 0 Å². The van der Waals surface area contributed by atoms with Crippen molar-refractivity contribution in [3.63, 3.8) is 0 Å². The van der Waals surface area contributed by atoms with Gasteiger partial charge in [0.1, 0.15) is 0 Å². The Hall–Kier alpha value is -2.63. The third-order valence-corrected chi connectivity index (χ3v) is 5.20. The van der Waals surface area contributed by atoms with Crippen molar-refractivity contribution in [2.45, 2.75) is 32.6 Å². The highest BCUT2D eigenvalue weighted by Gasteiger charge is 2.20. The SMILES string of the molecule is CN=C(NCCCc1ccc(C(C)C)cc1)N1CCN(c2ncccn2)CC1. The average molecular weight is 381 g/mol. The van der Waals surface area contributed by atoms with Crippen LogP contribution in [0.3, 0.4) is 0 Å². The lowest BCUT2D eigenvalue weighted by Crippen LogP contribution is -2.53. The van der Waals surface area contributed by atoms with Crippen LogP contribution in [0, 0.1) is 0 Å². The number of anilines is 1. The van der Waals surface area contributed by atoms with Crippen molar-refractivity contribution >= 4 is 11.9 Å². The van der Waals surface area contributed by atoms with Gasteiger partial charge in [-0.3, -0.25) is 4.99 Å². The van der Waals surface area contributed by atoms with Crippen molar-refractivity contribution < 1.29 is 0 Å². The van der Waals surface area contributed by atoms with E-state index in [1.165, 1.54) is 11.1 Å². The predicted octanol–water partition coefficient (Wildman–Crippen LogP) is 2.93. The van der Waals surface area contributed by atoms with Gasteiger partial charge in [-0.1, -0.05) is 38.1 Å². The molecule has 0 radical (unpaired) electrons. The Balaban J connectivity index is 1.40. The number of aryl methyl sites for hydroxylation is 1. The monoisotopic (exact) mass is 380 g/mol. The molecule has 1 aromatic heterocycles. The molecule has 2 heterocycles. The van der Waals surface area contributed by atoms with Crippen LogP contribution in [0.15, 0.2) is 47.7 Å². The Labute approximate surface area is 168 Å². The summed E-state index contributed by atoms with van der Waals surface area (Å²) in [6.45, 7) is 9.07. The second-order valence-corrected chi connectivity index (χ2v) is 7.50. The highest BCUT2D eigenvalue weighted by atomic mass is 15.4. The van der Waals surface area contributed by atoms with Crippen LogP contribution in [0.5, 0.6) is 0 Å². The molecule has 2 aromatic rings. The molecule has 1 aliphatic rings. The highest BCUT2D eigenvalue weighted by molar-refractivity contribution is 5.80. The molecule has 1 aliphatic heterocycles. The number of hydrogen-bond donors (Lipinski definition) is 1. The van der Waals surface area contributed by atoms with Gasteiger partial charge in [-0.15, -0.1) is 0 Å². The molecular formula is C22H32N6. The molecule has 0 aliphatic carbocycles. The Morgan fingerprint density at radius 3 is 2.36 bits per heavy atom. The second-order valence-electron chi connectivity index (χ2n) is 7.50. The van der Waals surface area contributed by atoms with E-state index in [1.54, 1.807) is 12.4 Å². The van der Waals surface area contributed by atoms with Crippen LogP contribution in [0.1, 0.15) is 37.3 Å². The quantitative estimate of drug-likeness (QED) is 0.474. The zero-order valence-electron chi connectivity index (χ0n) is 17.3. The molecule has 6 nitrogen and oxygen atoms in total. The molecule has 28 heavy (non-hydrogen) atoms. The number of aromatic nitrogens is 2. The maximum Gasteiger partial charge on any atom is 0.225 e. The molecule has 6 heteroatoms. The Kier molecular flexibility index (Phi) is 7.23. The van der Waals surface area contributed by atoms with E-state index in [4.69, 9.17) is 0 Å². The molecule has 0 bridgehead atoms. The number of benzene rings is 1. The fraction of sp³-hybridized carbons (Fsp3) is 0.500. The first kappa shape index (κ1) is 20.1. The van der Waals surface area contributed by atoms with Gasteiger partial charge in [0.25, 0.3) is 0 Å². The van der Waals surface area contributed by atoms with E-state index in [-0.39, 0.29) is 0 Å². The summed E-state index contributed by atoms with van der Waals surface area (Å²) in [4.78, 5) is 17.7. The molecule has 0 amide bonds. The van der Waals surface area contributed by atoms with Crippen molar-refractivity contribution in [3.8, 4) is 0 Å². The van der Waals surface area contributed by atoms with Crippen LogP contribution in [-0.4, -0.2) is 60.6 Å². The van der Waals surface area contributed by atoms with E-state index in [9.17, 15) is 0 Å². The third-order valence-electron chi connectivity index (χ3n) is 5.20. The maximum absolute atomic E-state index is 4.47. The molecule has 0 atom stereocenters. The van der Waals surface area contributed by atoms with E-state index in [0.29, 0.717) is 5.92 Å². The van der Waals surface area contributed by atoms with Gasteiger partial charge in [0.05, 0.1) is 0 Å². The van der Waals surface area contributed by atoms with E-state index in [0.717, 1.165) is 57.5 Å². The van der Waals surface area contributed by atoms with Crippen LogP contribution in [-0.2, 0) is 6.42 Å². The standard InChI is InChI=1S/C22H32N6/c1-18(2)20-9-7-19(8-10-20)6-4-11-24-21(23-3)27-14-16-28(17-15-27)22-25-12-5-13-26-22/h5,7-10,12-13,18H,4,6,11,14-17H2,1-3H3,(H,23,24). The summed E-state index contributed by atoms with van der Waals surface area (Å²) in [6.07, 6.45) is 5.77. The van der Waals surface area contributed by atoms with Gasteiger partial charge in [0, 0.05) is 52.2 Å². The number of rotatable bonds is 6. The van der Waals surface area contributed by atoms with Gasteiger partial charge in [-0.05, 0) is 36.0 Å². The van der Waals surface area contributed by atoms with Gasteiger partial charge >= 0.3 is 0 Å². The van der Waals surface area contributed by atoms with E-state index in [1.807, 2.05) is 13.1 Å². The van der Waals surface area contributed by atoms with Gasteiger partial charge in [-0.25, -0.2) is 9.97 Å². The lowest BCUT2D eigenvalue weighted by Gasteiger charge is -2.36.